The van der Waals surface area contributed by atoms with Gasteiger partial charge >= 0.3 is 0 Å². The lowest BCUT2D eigenvalue weighted by Crippen LogP contribution is -2.09. The van der Waals surface area contributed by atoms with Crippen molar-refractivity contribution in [1.82, 2.24) is 5.32 Å². The van der Waals surface area contributed by atoms with Gasteiger partial charge in [0.1, 0.15) is 0 Å². The summed E-state index contributed by atoms with van der Waals surface area (Å²) in [4.78, 5) is 11.1. The molecule has 0 atom stereocenters. The molecule has 0 radical (unpaired) electrons. The quantitative estimate of drug-likeness (QED) is 0.624. The fraction of sp³-hybridized carbons (Fsp3) is 0.278. The van der Waals surface area contributed by atoms with Crippen molar-refractivity contribution in [3.8, 4) is 0 Å². The van der Waals surface area contributed by atoms with Crippen molar-refractivity contribution in [2.45, 2.75) is 31.7 Å². The molecular formula is C18H22ClNOS. The molecule has 4 heteroatoms. The summed E-state index contributed by atoms with van der Waals surface area (Å²) in [6.45, 7) is 4.81. The maximum Gasteiger partial charge on any atom is 0.207 e. The second kappa shape index (κ2) is 10.3. The van der Waals surface area contributed by atoms with Crippen molar-refractivity contribution in [2.75, 3.05) is 6.26 Å². The number of hydrogen-bond acceptors (Lipinski definition) is 2. The van der Waals surface area contributed by atoms with Crippen molar-refractivity contribution in [3.05, 3.63) is 64.2 Å². The number of benzene rings is 2. The van der Waals surface area contributed by atoms with Crippen LogP contribution in [0.1, 0.15) is 23.6 Å². The van der Waals surface area contributed by atoms with E-state index >= 15 is 0 Å². The predicted molar refractivity (Wildman–Crippen MR) is 96.7 cm³/mol. The molecule has 2 aromatic carbocycles. The van der Waals surface area contributed by atoms with E-state index in [1.165, 1.54) is 11.1 Å². The summed E-state index contributed by atoms with van der Waals surface area (Å²) in [6.07, 6.45) is 3.80. The Morgan fingerprint density at radius 2 is 1.77 bits per heavy atom. The minimum absolute atomic E-state index is 0.619. The second-order valence-electron chi connectivity index (χ2n) is 4.81. The number of rotatable bonds is 5. The van der Waals surface area contributed by atoms with E-state index in [0.717, 1.165) is 21.9 Å². The van der Waals surface area contributed by atoms with Crippen LogP contribution in [0.15, 0.2) is 47.4 Å². The average Bonchev–Trinajstić information content (AvgIpc) is 2.56. The normalized spacial score (nSPS) is 9.64. The minimum atomic E-state index is 0.619. The summed E-state index contributed by atoms with van der Waals surface area (Å²) in [5.74, 6) is 0. The molecule has 1 N–H and O–H groups in total. The van der Waals surface area contributed by atoms with Crippen molar-refractivity contribution in [1.29, 1.82) is 0 Å². The molecular weight excluding hydrogens is 314 g/mol. The third kappa shape index (κ3) is 6.54. The Morgan fingerprint density at radius 1 is 1.14 bits per heavy atom. The van der Waals surface area contributed by atoms with E-state index in [2.05, 4.69) is 37.4 Å². The smallest absolute Gasteiger partial charge is 0.207 e. The van der Waals surface area contributed by atoms with Crippen LogP contribution < -0.4 is 5.32 Å². The first-order valence-electron chi connectivity index (χ1n) is 7.15. The Hall–Kier alpha value is -1.45. The molecule has 22 heavy (non-hydrogen) atoms. The fourth-order valence-electron chi connectivity index (χ4n) is 1.82. The van der Waals surface area contributed by atoms with Gasteiger partial charge in [0.25, 0.3) is 0 Å². The van der Waals surface area contributed by atoms with Crippen molar-refractivity contribution < 1.29 is 4.79 Å². The molecule has 1 amide bonds. The van der Waals surface area contributed by atoms with Crippen molar-refractivity contribution in [3.63, 3.8) is 0 Å². The molecule has 0 saturated carbocycles. The summed E-state index contributed by atoms with van der Waals surface area (Å²) >= 11 is 7.55. The molecule has 0 heterocycles. The number of carbonyl (C=O) groups is 1. The lowest BCUT2D eigenvalue weighted by atomic mass is 10.1. The van der Waals surface area contributed by atoms with Crippen molar-refractivity contribution in [2.24, 2.45) is 0 Å². The zero-order valence-electron chi connectivity index (χ0n) is 13.2. The molecule has 0 bridgehead atoms. The highest BCUT2D eigenvalue weighted by molar-refractivity contribution is 7.98. The number of nitrogens with one attached hydrogen (secondary N) is 1. The van der Waals surface area contributed by atoms with Crippen LogP contribution in [0.25, 0.3) is 0 Å². The van der Waals surface area contributed by atoms with Crippen LogP contribution in [-0.2, 0) is 17.8 Å². The summed E-state index contributed by atoms with van der Waals surface area (Å²) in [6, 6.07) is 14.3. The van der Waals surface area contributed by atoms with Gasteiger partial charge < -0.3 is 5.32 Å². The second-order valence-corrected chi connectivity index (χ2v) is 6.06. The number of halogens is 1. The molecule has 118 valence electrons. The maximum absolute atomic E-state index is 9.99. The van der Waals surface area contributed by atoms with Crippen LogP contribution in [0.4, 0.5) is 0 Å². The van der Waals surface area contributed by atoms with Gasteiger partial charge in [-0.05, 0) is 48.4 Å². The Bertz CT molecular complexity index is 584. The summed E-state index contributed by atoms with van der Waals surface area (Å²) in [7, 11) is 0. The molecule has 2 rings (SSSR count). The number of carbonyl (C=O) groups excluding carboxylic acids is 1. The number of thioether (sulfide) groups is 1. The zero-order chi connectivity index (χ0) is 16.4. The van der Waals surface area contributed by atoms with Gasteiger partial charge in [-0.15, -0.1) is 11.8 Å². The lowest BCUT2D eigenvalue weighted by molar-refractivity contribution is -0.109. The Balaban J connectivity index is 0.000000224. The molecule has 0 fully saturated rings. The van der Waals surface area contributed by atoms with E-state index in [-0.39, 0.29) is 0 Å². The van der Waals surface area contributed by atoms with E-state index in [1.54, 1.807) is 11.8 Å². The van der Waals surface area contributed by atoms with Crippen LogP contribution in [0.2, 0.25) is 5.02 Å². The summed E-state index contributed by atoms with van der Waals surface area (Å²) in [5.41, 5.74) is 3.72. The van der Waals surface area contributed by atoms with Gasteiger partial charge in [-0.1, -0.05) is 48.9 Å². The average molecular weight is 336 g/mol. The topological polar surface area (TPSA) is 29.1 Å². The van der Waals surface area contributed by atoms with Gasteiger partial charge in [-0.2, -0.15) is 0 Å². The highest BCUT2D eigenvalue weighted by Crippen LogP contribution is 2.25. The van der Waals surface area contributed by atoms with Gasteiger partial charge in [0.15, 0.2) is 0 Å². The van der Waals surface area contributed by atoms with E-state index in [0.29, 0.717) is 13.0 Å². The van der Waals surface area contributed by atoms with Gasteiger partial charge in [-0.25, -0.2) is 0 Å². The number of hydrogen-bond donors (Lipinski definition) is 1. The van der Waals surface area contributed by atoms with E-state index in [9.17, 15) is 4.79 Å². The predicted octanol–water partition coefficient (Wildman–Crippen LogP) is 4.87. The zero-order valence-corrected chi connectivity index (χ0v) is 14.8. The largest absolute Gasteiger partial charge is 0.355 e. The molecule has 0 saturated heterocycles. The first-order chi connectivity index (χ1) is 10.6. The third-order valence-electron chi connectivity index (χ3n) is 3.13. The van der Waals surface area contributed by atoms with Crippen molar-refractivity contribution >= 4 is 29.8 Å². The Morgan fingerprint density at radius 3 is 2.27 bits per heavy atom. The summed E-state index contributed by atoms with van der Waals surface area (Å²) < 4.78 is 0. The molecule has 0 aliphatic rings. The first kappa shape index (κ1) is 18.6. The van der Waals surface area contributed by atoms with Crippen LogP contribution in [0, 0.1) is 6.92 Å². The lowest BCUT2D eigenvalue weighted by Gasteiger charge is -2.00. The van der Waals surface area contributed by atoms with Crippen LogP contribution in [-0.4, -0.2) is 12.7 Å². The first-order valence-corrected chi connectivity index (χ1v) is 8.76. The molecule has 0 unspecified atom stereocenters. The Labute approximate surface area is 142 Å². The van der Waals surface area contributed by atoms with E-state index in [1.807, 2.05) is 30.5 Å². The highest BCUT2D eigenvalue weighted by atomic mass is 35.5. The molecule has 0 spiro atoms. The van der Waals surface area contributed by atoms with Gasteiger partial charge in [0.05, 0.1) is 5.02 Å². The molecule has 0 aliphatic heterocycles. The molecule has 0 aromatic heterocycles. The van der Waals surface area contributed by atoms with Gasteiger partial charge in [0, 0.05) is 11.4 Å². The standard InChI is InChI=1S/C10H13NO.C8H9ClS/c1-2-9-3-5-10(6-4-9)7-11-8-12;1-6-3-4-7(9)8(5-6)10-2/h3-6,8H,2,7H2,1H3,(H,11,12);3-5H,1-2H3. The molecule has 2 nitrogen and oxygen atoms in total. The number of amides is 1. The van der Waals surface area contributed by atoms with Crippen LogP contribution in [0.3, 0.4) is 0 Å². The SMILES string of the molecule is CCc1ccc(CNC=O)cc1.CSc1cc(C)ccc1Cl. The van der Waals surface area contributed by atoms with Gasteiger partial charge in [-0.3, -0.25) is 4.79 Å². The number of aryl methyl sites for hydroxylation is 2. The minimum Gasteiger partial charge on any atom is -0.355 e. The molecule has 2 aromatic rings. The van der Waals surface area contributed by atoms with E-state index < -0.39 is 0 Å². The fourth-order valence-corrected chi connectivity index (χ4v) is 2.74. The Kier molecular flexibility index (Phi) is 8.71. The van der Waals surface area contributed by atoms with E-state index in [4.69, 9.17) is 11.6 Å². The summed E-state index contributed by atoms with van der Waals surface area (Å²) in [5, 5.41) is 3.47. The third-order valence-corrected chi connectivity index (χ3v) is 4.35. The maximum atomic E-state index is 9.99. The molecule has 0 aliphatic carbocycles. The van der Waals surface area contributed by atoms with Crippen LogP contribution in [0.5, 0.6) is 0 Å². The monoisotopic (exact) mass is 335 g/mol. The highest BCUT2D eigenvalue weighted by Gasteiger charge is 1.96. The van der Waals surface area contributed by atoms with Gasteiger partial charge in [0.2, 0.25) is 6.41 Å². The van der Waals surface area contributed by atoms with Crippen LogP contribution >= 0.6 is 23.4 Å².